The van der Waals surface area contributed by atoms with Crippen molar-refractivity contribution in [3.05, 3.63) is 39.5 Å². The van der Waals surface area contributed by atoms with Crippen molar-refractivity contribution in [2.45, 2.75) is 11.4 Å². The number of methoxy groups -OCH3 is 1. The van der Waals surface area contributed by atoms with E-state index in [1.165, 1.54) is 24.5 Å². The van der Waals surface area contributed by atoms with Crippen LogP contribution in [0.3, 0.4) is 0 Å². The highest BCUT2D eigenvalue weighted by atomic mass is 35.5. The number of rotatable bonds is 6. The van der Waals surface area contributed by atoms with Gasteiger partial charge in [-0.2, -0.15) is 11.3 Å². The first kappa shape index (κ1) is 16.1. The van der Waals surface area contributed by atoms with E-state index in [4.69, 9.17) is 16.3 Å². The molecule has 5 nitrogen and oxygen atoms in total. The Morgan fingerprint density at radius 3 is 2.71 bits per heavy atom. The summed E-state index contributed by atoms with van der Waals surface area (Å²) in [5, 5.41) is 6.80. The van der Waals surface area contributed by atoms with Crippen molar-refractivity contribution in [3.8, 4) is 5.75 Å². The molecule has 0 amide bonds. The van der Waals surface area contributed by atoms with Gasteiger partial charge in [0.15, 0.2) is 0 Å². The molecule has 0 atom stereocenters. The van der Waals surface area contributed by atoms with Gasteiger partial charge in [0.1, 0.15) is 10.6 Å². The maximum absolute atomic E-state index is 12.5. The third kappa shape index (κ3) is 3.68. The van der Waals surface area contributed by atoms with Crippen LogP contribution in [-0.4, -0.2) is 22.6 Å². The average Bonchev–Trinajstić information content (AvgIpc) is 2.90. The lowest BCUT2D eigenvalue weighted by Gasteiger charge is -2.15. The normalized spacial score (nSPS) is 11.4. The topological polar surface area (TPSA) is 67.4 Å². The molecule has 0 unspecified atom stereocenters. The van der Waals surface area contributed by atoms with Crippen molar-refractivity contribution in [2.75, 3.05) is 18.9 Å². The molecule has 0 spiro atoms. The van der Waals surface area contributed by atoms with Crippen molar-refractivity contribution in [1.82, 2.24) is 5.32 Å². The Morgan fingerprint density at radius 2 is 2.14 bits per heavy atom. The van der Waals surface area contributed by atoms with Crippen molar-refractivity contribution in [3.63, 3.8) is 0 Å². The van der Waals surface area contributed by atoms with Crippen LogP contribution in [0.25, 0.3) is 0 Å². The summed E-state index contributed by atoms with van der Waals surface area (Å²) in [5.74, 6) is 0.288. The second-order valence-electron chi connectivity index (χ2n) is 4.24. The second kappa shape index (κ2) is 6.65. The molecule has 0 aliphatic rings. The summed E-state index contributed by atoms with van der Waals surface area (Å²) in [6.07, 6.45) is 0. The molecule has 1 heterocycles. The van der Waals surface area contributed by atoms with Gasteiger partial charge in [0.25, 0.3) is 10.0 Å². The van der Waals surface area contributed by atoms with Crippen LogP contribution in [0.2, 0.25) is 5.02 Å². The van der Waals surface area contributed by atoms with Crippen LogP contribution in [0.1, 0.15) is 5.56 Å². The van der Waals surface area contributed by atoms with Crippen LogP contribution in [0.15, 0.2) is 33.9 Å². The molecule has 0 aliphatic carbocycles. The number of ether oxygens (including phenoxy) is 1. The molecule has 0 radical (unpaired) electrons. The third-order valence-electron chi connectivity index (χ3n) is 2.73. The molecule has 2 aromatic rings. The van der Waals surface area contributed by atoms with E-state index in [1.807, 2.05) is 0 Å². The average molecular weight is 347 g/mol. The Hall–Kier alpha value is -1.28. The van der Waals surface area contributed by atoms with Crippen LogP contribution < -0.4 is 14.8 Å². The van der Waals surface area contributed by atoms with Gasteiger partial charge in [0, 0.05) is 22.5 Å². The lowest BCUT2D eigenvalue weighted by atomic mass is 10.2. The molecule has 0 fully saturated rings. The van der Waals surface area contributed by atoms with Crippen molar-refractivity contribution in [1.29, 1.82) is 0 Å². The van der Waals surface area contributed by atoms with E-state index in [9.17, 15) is 8.42 Å². The maximum Gasteiger partial charge on any atom is 0.265 e. The highest BCUT2D eigenvalue weighted by Crippen LogP contribution is 2.33. The summed E-state index contributed by atoms with van der Waals surface area (Å²) in [6, 6.07) is 4.75. The van der Waals surface area contributed by atoms with Crippen LogP contribution in [0, 0.1) is 0 Å². The third-order valence-corrected chi connectivity index (χ3v) is 5.02. The molecule has 21 heavy (non-hydrogen) atoms. The molecule has 1 aromatic carbocycles. The van der Waals surface area contributed by atoms with Crippen LogP contribution in [0.4, 0.5) is 5.69 Å². The zero-order valence-electron chi connectivity index (χ0n) is 11.5. The fraction of sp³-hybridized carbons (Fsp3) is 0.231. The van der Waals surface area contributed by atoms with E-state index >= 15 is 0 Å². The predicted octanol–water partition coefficient (Wildman–Crippen LogP) is 2.93. The Labute approximate surface area is 133 Å². The summed E-state index contributed by atoms with van der Waals surface area (Å²) in [7, 11) is -0.571. The molecular formula is C13H15ClN2O3S2. The van der Waals surface area contributed by atoms with E-state index in [0.717, 1.165) is 0 Å². The molecule has 2 rings (SSSR count). The minimum absolute atomic E-state index is 0.0222. The van der Waals surface area contributed by atoms with E-state index in [1.54, 1.807) is 29.9 Å². The fourth-order valence-corrected chi connectivity index (χ4v) is 4.16. The van der Waals surface area contributed by atoms with E-state index in [-0.39, 0.29) is 10.6 Å². The van der Waals surface area contributed by atoms with Gasteiger partial charge in [-0.1, -0.05) is 11.6 Å². The minimum Gasteiger partial charge on any atom is -0.495 e. The molecule has 0 aliphatic heterocycles. The molecule has 0 saturated heterocycles. The van der Waals surface area contributed by atoms with Gasteiger partial charge in [-0.3, -0.25) is 4.72 Å². The van der Waals surface area contributed by atoms with Gasteiger partial charge < -0.3 is 10.1 Å². The number of anilines is 1. The highest BCUT2D eigenvalue weighted by Gasteiger charge is 2.23. The van der Waals surface area contributed by atoms with Crippen LogP contribution in [-0.2, 0) is 16.6 Å². The predicted molar refractivity (Wildman–Crippen MR) is 85.9 cm³/mol. The molecule has 0 saturated carbocycles. The molecule has 1 aromatic heterocycles. The number of benzene rings is 1. The molecule has 2 N–H and O–H groups in total. The number of halogens is 1. The van der Waals surface area contributed by atoms with Gasteiger partial charge >= 0.3 is 0 Å². The first-order valence-corrected chi connectivity index (χ1v) is 8.84. The zero-order chi connectivity index (χ0) is 15.5. The Balaban J connectivity index is 2.51. The number of sulfonamides is 1. The fourth-order valence-electron chi connectivity index (χ4n) is 1.91. The first-order valence-electron chi connectivity index (χ1n) is 6.04. The van der Waals surface area contributed by atoms with Crippen molar-refractivity contribution in [2.24, 2.45) is 0 Å². The summed E-state index contributed by atoms with van der Waals surface area (Å²) >= 11 is 7.43. The number of hydrogen-bond donors (Lipinski definition) is 2. The molecule has 114 valence electrons. The van der Waals surface area contributed by atoms with E-state index in [0.29, 0.717) is 22.8 Å². The van der Waals surface area contributed by atoms with Crippen molar-refractivity contribution < 1.29 is 13.2 Å². The van der Waals surface area contributed by atoms with Gasteiger partial charge in [-0.25, -0.2) is 8.42 Å². The maximum atomic E-state index is 12.5. The van der Waals surface area contributed by atoms with Gasteiger partial charge in [-0.05, 0) is 30.6 Å². The molecule has 8 heteroatoms. The standard InChI is InChI=1S/C13H15ClN2O3S2/c1-15-7-9-5-10(14)6-12(13(9)19-2)21(17,18)16-11-3-4-20-8-11/h3-6,8,15-16H,7H2,1-2H3. The lowest BCUT2D eigenvalue weighted by Crippen LogP contribution is -2.16. The first-order chi connectivity index (χ1) is 9.97. The SMILES string of the molecule is CNCc1cc(Cl)cc(S(=O)(=O)Nc2ccsc2)c1OC. The van der Waals surface area contributed by atoms with E-state index < -0.39 is 10.0 Å². The van der Waals surface area contributed by atoms with Gasteiger partial charge in [-0.15, -0.1) is 0 Å². The molecule has 0 bridgehead atoms. The Morgan fingerprint density at radius 1 is 1.38 bits per heavy atom. The number of nitrogens with one attached hydrogen (secondary N) is 2. The monoisotopic (exact) mass is 346 g/mol. The van der Waals surface area contributed by atoms with Crippen LogP contribution in [0.5, 0.6) is 5.75 Å². The quantitative estimate of drug-likeness (QED) is 0.844. The summed E-state index contributed by atoms with van der Waals surface area (Å²) in [6.45, 7) is 0.449. The number of thiophene rings is 1. The van der Waals surface area contributed by atoms with E-state index in [2.05, 4.69) is 10.0 Å². The number of hydrogen-bond acceptors (Lipinski definition) is 5. The zero-order valence-corrected chi connectivity index (χ0v) is 13.9. The molecular weight excluding hydrogens is 332 g/mol. The second-order valence-corrected chi connectivity index (χ2v) is 7.11. The Bertz CT molecular complexity index is 715. The van der Waals surface area contributed by atoms with Crippen LogP contribution >= 0.6 is 22.9 Å². The largest absolute Gasteiger partial charge is 0.495 e. The van der Waals surface area contributed by atoms with Gasteiger partial charge in [0.05, 0.1) is 12.8 Å². The summed E-state index contributed by atoms with van der Waals surface area (Å²) in [5.41, 5.74) is 1.19. The van der Waals surface area contributed by atoms with Gasteiger partial charge in [0.2, 0.25) is 0 Å². The summed E-state index contributed by atoms with van der Waals surface area (Å²) < 4.78 is 32.8. The minimum atomic E-state index is -3.77. The lowest BCUT2D eigenvalue weighted by molar-refractivity contribution is 0.396. The summed E-state index contributed by atoms with van der Waals surface area (Å²) in [4.78, 5) is 0.0222. The highest BCUT2D eigenvalue weighted by molar-refractivity contribution is 7.92. The smallest absolute Gasteiger partial charge is 0.265 e. The van der Waals surface area contributed by atoms with Crippen molar-refractivity contribution >= 4 is 38.6 Å². The Kier molecular flexibility index (Phi) is 5.10.